The lowest BCUT2D eigenvalue weighted by Gasteiger charge is -2.30. The lowest BCUT2D eigenvalue weighted by molar-refractivity contribution is -0.126. The van der Waals surface area contributed by atoms with Crippen LogP contribution in [0, 0.1) is 0 Å². The molecule has 0 bridgehead atoms. The van der Waals surface area contributed by atoms with Gasteiger partial charge in [0.1, 0.15) is 0 Å². The van der Waals surface area contributed by atoms with E-state index in [1.807, 2.05) is 48.8 Å². The minimum absolute atomic E-state index is 0.0363. The van der Waals surface area contributed by atoms with Crippen molar-refractivity contribution in [3.05, 3.63) is 29.8 Å². The Hall–Kier alpha value is -1.88. The highest BCUT2D eigenvalue weighted by Crippen LogP contribution is 2.28. The predicted molar refractivity (Wildman–Crippen MR) is 87.9 cm³/mol. The summed E-state index contributed by atoms with van der Waals surface area (Å²) in [5.74, 6) is 0.0296. The first-order valence-electron chi connectivity index (χ1n) is 7.98. The van der Waals surface area contributed by atoms with Crippen molar-refractivity contribution in [3.8, 4) is 0 Å². The standard InChI is InChI=1S/C17H25N3O2/c1-4-18-16(21)12-19(5-2)13(3)17(22)20-11-10-14-8-6-7-9-15(14)20/h6-9,13H,4-5,10-12H2,1-3H3,(H,18,21)/t13-/m0/s1. The molecule has 1 N–H and O–H groups in total. The van der Waals surface area contributed by atoms with Crippen LogP contribution in [0.15, 0.2) is 24.3 Å². The Morgan fingerprint density at radius 3 is 2.73 bits per heavy atom. The van der Waals surface area contributed by atoms with Crippen LogP contribution in [0.4, 0.5) is 5.69 Å². The van der Waals surface area contributed by atoms with Crippen molar-refractivity contribution < 1.29 is 9.59 Å². The van der Waals surface area contributed by atoms with Crippen LogP contribution in [0.25, 0.3) is 0 Å². The molecule has 1 aliphatic rings. The van der Waals surface area contributed by atoms with E-state index in [9.17, 15) is 9.59 Å². The first-order chi connectivity index (χ1) is 10.6. The lowest BCUT2D eigenvalue weighted by atomic mass is 10.2. The van der Waals surface area contributed by atoms with E-state index in [-0.39, 0.29) is 24.4 Å². The average Bonchev–Trinajstić information content (AvgIpc) is 2.95. The van der Waals surface area contributed by atoms with Crippen molar-refractivity contribution in [1.29, 1.82) is 0 Å². The molecule has 0 radical (unpaired) electrons. The lowest BCUT2D eigenvalue weighted by Crippen LogP contribution is -2.50. The van der Waals surface area contributed by atoms with Crippen LogP contribution >= 0.6 is 0 Å². The van der Waals surface area contributed by atoms with Gasteiger partial charge in [0.25, 0.3) is 0 Å². The quantitative estimate of drug-likeness (QED) is 0.865. The van der Waals surface area contributed by atoms with E-state index in [4.69, 9.17) is 0 Å². The average molecular weight is 303 g/mol. The Bertz CT molecular complexity index is 544. The minimum atomic E-state index is -0.307. The van der Waals surface area contributed by atoms with Crippen LogP contribution < -0.4 is 10.2 Å². The fourth-order valence-electron chi connectivity index (χ4n) is 2.91. The summed E-state index contributed by atoms with van der Waals surface area (Å²) in [5.41, 5.74) is 2.23. The molecule has 2 rings (SSSR count). The number of amides is 2. The third-order valence-corrected chi connectivity index (χ3v) is 4.19. The number of likely N-dealkylation sites (N-methyl/N-ethyl adjacent to an activating group) is 2. The molecule has 0 unspecified atom stereocenters. The van der Waals surface area contributed by atoms with Crippen molar-refractivity contribution >= 4 is 17.5 Å². The molecule has 0 saturated carbocycles. The highest BCUT2D eigenvalue weighted by molar-refractivity contribution is 5.99. The summed E-state index contributed by atoms with van der Waals surface area (Å²) in [6.45, 7) is 8.00. The number of carbonyl (C=O) groups excluding carboxylic acids is 2. The number of fused-ring (bicyclic) bond motifs is 1. The van der Waals surface area contributed by atoms with Crippen molar-refractivity contribution in [2.24, 2.45) is 0 Å². The molecule has 0 aliphatic carbocycles. The van der Waals surface area contributed by atoms with E-state index in [2.05, 4.69) is 11.4 Å². The Labute approximate surface area is 132 Å². The van der Waals surface area contributed by atoms with Crippen molar-refractivity contribution in [1.82, 2.24) is 10.2 Å². The zero-order valence-electron chi connectivity index (χ0n) is 13.6. The van der Waals surface area contributed by atoms with Gasteiger partial charge in [-0.2, -0.15) is 0 Å². The molecule has 1 aliphatic heterocycles. The molecule has 0 fully saturated rings. The number of hydrogen-bond donors (Lipinski definition) is 1. The molecule has 1 aromatic carbocycles. The minimum Gasteiger partial charge on any atom is -0.355 e. The van der Waals surface area contributed by atoms with Gasteiger partial charge in [0.05, 0.1) is 12.6 Å². The van der Waals surface area contributed by atoms with Crippen LogP contribution in [-0.4, -0.2) is 48.9 Å². The van der Waals surface area contributed by atoms with Crippen molar-refractivity contribution in [3.63, 3.8) is 0 Å². The van der Waals surface area contributed by atoms with Crippen LogP contribution in [0.3, 0.4) is 0 Å². The summed E-state index contributed by atoms with van der Waals surface area (Å²) in [6.07, 6.45) is 0.900. The summed E-state index contributed by atoms with van der Waals surface area (Å²) in [4.78, 5) is 28.3. The highest BCUT2D eigenvalue weighted by Gasteiger charge is 2.30. The molecule has 5 heteroatoms. The zero-order valence-corrected chi connectivity index (χ0v) is 13.6. The molecule has 120 valence electrons. The molecule has 1 heterocycles. The van der Waals surface area contributed by atoms with Gasteiger partial charge in [-0.15, -0.1) is 0 Å². The van der Waals surface area contributed by atoms with Gasteiger partial charge in [0, 0.05) is 18.8 Å². The van der Waals surface area contributed by atoms with Crippen LogP contribution in [-0.2, 0) is 16.0 Å². The summed E-state index contributed by atoms with van der Waals surface area (Å²) >= 11 is 0. The fraction of sp³-hybridized carbons (Fsp3) is 0.529. The maximum atomic E-state index is 12.8. The zero-order chi connectivity index (χ0) is 16.1. The second kappa shape index (κ2) is 7.40. The molecular weight excluding hydrogens is 278 g/mol. The predicted octanol–water partition coefficient (Wildman–Crippen LogP) is 1.42. The second-order valence-electron chi connectivity index (χ2n) is 5.56. The number of hydrogen-bond acceptors (Lipinski definition) is 3. The molecule has 1 aromatic rings. The van der Waals surface area contributed by atoms with Gasteiger partial charge in [-0.05, 0) is 38.4 Å². The highest BCUT2D eigenvalue weighted by atomic mass is 16.2. The van der Waals surface area contributed by atoms with Gasteiger partial charge in [-0.1, -0.05) is 25.1 Å². The maximum Gasteiger partial charge on any atom is 0.244 e. The number of benzene rings is 1. The van der Waals surface area contributed by atoms with Crippen molar-refractivity contribution in [2.45, 2.75) is 33.2 Å². The smallest absolute Gasteiger partial charge is 0.244 e. The second-order valence-corrected chi connectivity index (χ2v) is 5.56. The third-order valence-electron chi connectivity index (χ3n) is 4.19. The van der Waals surface area contributed by atoms with Crippen LogP contribution in [0.1, 0.15) is 26.3 Å². The summed E-state index contributed by atoms with van der Waals surface area (Å²) in [5, 5.41) is 2.78. The van der Waals surface area contributed by atoms with Gasteiger partial charge in [0.15, 0.2) is 0 Å². The number of anilines is 1. The van der Waals surface area contributed by atoms with Crippen molar-refractivity contribution in [2.75, 3.05) is 31.1 Å². The van der Waals surface area contributed by atoms with E-state index in [1.54, 1.807) is 0 Å². The molecule has 0 aromatic heterocycles. The molecule has 1 atom stereocenters. The number of para-hydroxylation sites is 1. The Morgan fingerprint density at radius 1 is 1.32 bits per heavy atom. The number of rotatable bonds is 6. The van der Waals surface area contributed by atoms with Gasteiger partial charge >= 0.3 is 0 Å². The number of nitrogens with zero attached hydrogens (tertiary/aromatic N) is 2. The summed E-state index contributed by atoms with van der Waals surface area (Å²) in [6, 6.07) is 7.72. The summed E-state index contributed by atoms with van der Waals surface area (Å²) < 4.78 is 0. The van der Waals surface area contributed by atoms with Gasteiger partial charge < -0.3 is 10.2 Å². The molecule has 5 nitrogen and oxygen atoms in total. The SMILES string of the molecule is CCNC(=O)CN(CC)[C@@H](C)C(=O)N1CCc2ccccc21. The molecule has 2 amide bonds. The van der Waals surface area contributed by atoms with Crippen LogP contribution in [0.2, 0.25) is 0 Å². The fourth-order valence-corrected chi connectivity index (χ4v) is 2.91. The molecule has 0 saturated heterocycles. The Morgan fingerprint density at radius 2 is 2.05 bits per heavy atom. The molecular formula is C17H25N3O2. The summed E-state index contributed by atoms with van der Waals surface area (Å²) in [7, 11) is 0. The number of carbonyl (C=O) groups is 2. The van der Waals surface area contributed by atoms with Gasteiger partial charge in [-0.25, -0.2) is 0 Å². The number of nitrogens with one attached hydrogen (secondary N) is 1. The van der Waals surface area contributed by atoms with E-state index >= 15 is 0 Å². The topological polar surface area (TPSA) is 52.7 Å². The first-order valence-corrected chi connectivity index (χ1v) is 7.98. The largest absolute Gasteiger partial charge is 0.355 e. The molecule has 0 spiro atoms. The van der Waals surface area contributed by atoms with Crippen LogP contribution in [0.5, 0.6) is 0 Å². The Balaban J connectivity index is 2.06. The van der Waals surface area contributed by atoms with Gasteiger partial charge in [0.2, 0.25) is 11.8 Å². The maximum absolute atomic E-state index is 12.8. The van der Waals surface area contributed by atoms with E-state index < -0.39 is 0 Å². The van der Waals surface area contributed by atoms with Gasteiger partial charge in [-0.3, -0.25) is 14.5 Å². The monoisotopic (exact) mass is 303 g/mol. The Kier molecular flexibility index (Phi) is 5.55. The third kappa shape index (κ3) is 3.47. The first kappa shape index (κ1) is 16.5. The van der Waals surface area contributed by atoms with E-state index in [0.717, 1.165) is 18.7 Å². The normalized spacial score (nSPS) is 14.8. The van der Waals surface area contributed by atoms with E-state index in [1.165, 1.54) is 5.56 Å². The van der Waals surface area contributed by atoms with E-state index in [0.29, 0.717) is 13.1 Å². The molecule has 22 heavy (non-hydrogen) atoms.